The molecule has 0 radical (unpaired) electrons. The average molecular weight is 500 g/mol. The largest absolute Gasteiger partial charge is 0.280 e. The van der Waals surface area contributed by atoms with E-state index in [-0.39, 0.29) is 10.5 Å². The van der Waals surface area contributed by atoms with Crippen molar-refractivity contribution in [2.24, 2.45) is 0 Å². The van der Waals surface area contributed by atoms with Gasteiger partial charge >= 0.3 is 0 Å². The van der Waals surface area contributed by atoms with Gasteiger partial charge in [-0.05, 0) is 69.4 Å². The molecule has 0 unspecified atom stereocenters. The molecule has 2 fully saturated rings. The molecule has 0 atom stereocenters. The Kier molecular flexibility index (Phi) is 5.86. The quantitative estimate of drug-likeness (QED) is 0.521. The molecule has 1 aromatic carbocycles. The summed E-state index contributed by atoms with van der Waals surface area (Å²) in [6.07, 6.45) is 3.90. The minimum Gasteiger partial charge on any atom is -0.267 e. The van der Waals surface area contributed by atoms with Gasteiger partial charge in [-0.3, -0.25) is 20.4 Å². The van der Waals surface area contributed by atoms with Crippen molar-refractivity contribution in [2.75, 3.05) is 13.1 Å². The summed E-state index contributed by atoms with van der Waals surface area (Å²) in [6.45, 7) is 4.80. The van der Waals surface area contributed by atoms with Crippen LogP contribution in [0.1, 0.15) is 68.7 Å². The zero-order valence-electron chi connectivity index (χ0n) is 18.9. The minimum absolute atomic E-state index is 0.151. The summed E-state index contributed by atoms with van der Waals surface area (Å²) in [6, 6.07) is 5.71. The number of rotatable bonds is 5. The highest BCUT2D eigenvalue weighted by Crippen LogP contribution is 2.40. The van der Waals surface area contributed by atoms with Crippen LogP contribution in [0.3, 0.4) is 0 Å². The van der Waals surface area contributed by atoms with Crippen molar-refractivity contribution < 1.29 is 18.0 Å². The maximum Gasteiger partial charge on any atom is 0.280 e. The molecule has 2 amide bonds. The zero-order chi connectivity index (χ0) is 24.0. The number of aromatic nitrogens is 2. The summed E-state index contributed by atoms with van der Waals surface area (Å²) in [5.74, 6) is 0.277. The Morgan fingerprint density at radius 1 is 1.00 bits per heavy atom. The summed E-state index contributed by atoms with van der Waals surface area (Å²) in [5.41, 5.74) is 6.74. The van der Waals surface area contributed by atoms with Crippen LogP contribution < -0.4 is 10.9 Å². The monoisotopic (exact) mass is 499 g/mol. The molecule has 9 nitrogen and oxygen atoms in total. The predicted molar refractivity (Wildman–Crippen MR) is 128 cm³/mol. The molecule has 1 saturated carbocycles. The van der Waals surface area contributed by atoms with Crippen LogP contribution >= 0.6 is 11.3 Å². The fraction of sp³-hybridized carbons (Fsp3) is 0.391. The van der Waals surface area contributed by atoms with Gasteiger partial charge in [0.15, 0.2) is 0 Å². The van der Waals surface area contributed by atoms with Gasteiger partial charge in [-0.25, -0.2) is 18.4 Å². The van der Waals surface area contributed by atoms with E-state index < -0.39 is 21.8 Å². The highest BCUT2D eigenvalue weighted by Gasteiger charge is 2.29. The number of aryl methyl sites for hydroxylation is 2. The minimum atomic E-state index is -3.55. The van der Waals surface area contributed by atoms with E-state index in [9.17, 15) is 18.0 Å². The number of thiophene rings is 1. The van der Waals surface area contributed by atoms with E-state index in [2.05, 4.69) is 20.8 Å². The lowest BCUT2D eigenvalue weighted by molar-refractivity contribution is 0.0848. The standard InChI is InChI=1S/C23H25N5O4S2/c1-13-18-14(2)24-20(15-5-6-15)25-23(18)33-19(13)22(30)27-26-21(29)16-7-9-17(10-8-16)34(31,32)28-11-3-4-12-28/h7-10,15H,3-6,11-12H2,1-2H3,(H,26,29)(H,27,30). The van der Waals surface area contributed by atoms with E-state index in [0.717, 1.165) is 53.0 Å². The molecular weight excluding hydrogens is 474 g/mol. The topological polar surface area (TPSA) is 121 Å². The number of benzene rings is 1. The van der Waals surface area contributed by atoms with E-state index in [1.54, 1.807) is 0 Å². The second kappa shape index (κ2) is 8.71. The summed E-state index contributed by atoms with van der Waals surface area (Å²) in [5, 5.41) is 0.876. The number of hydrogen-bond acceptors (Lipinski definition) is 7. The number of fused-ring (bicyclic) bond motifs is 1. The van der Waals surface area contributed by atoms with Crippen molar-refractivity contribution in [3.05, 3.63) is 51.8 Å². The molecule has 2 aliphatic rings. The van der Waals surface area contributed by atoms with Crippen LogP contribution in [0.4, 0.5) is 0 Å². The molecule has 3 heterocycles. The number of sulfonamides is 1. The molecule has 0 spiro atoms. The van der Waals surface area contributed by atoms with Crippen LogP contribution in [0.25, 0.3) is 10.2 Å². The van der Waals surface area contributed by atoms with Crippen LogP contribution in [0.2, 0.25) is 0 Å². The first-order valence-corrected chi connectivity index (χ1v) is 13.5. The lowest BCUT2D eigenvalue weighted by Gasteiger charge is -2.15. The molecule has 1 saturated heterocycles. The van der Waals surface area contributed by atoms with Crippen molar-refractivity contribution in [3.8, 4) is 0 Å². The van der Waals surface area contributed by atoms with Crippen molar-refractivity contribution in [3.63, 3.8) is 0 Å². The first-order valence-electron chi connectivity index (χ1n) is 11.2. The Bertz CT molecular complexity index is 1390. The van der Waals surface area contributed by atoms with Gasteiger partial charge in [-0.15, -0.1) is 11.3 Å². The van der Waals surface area contributed by atoms with Gasteiger partial charge in [0.1, 0.15) is 10.7 Å². The molecule has 178 valence electrons. The van der Waals surface area contributed by atoms with Crippen LogP contribution in [-0.4, -0.2) is 47.6 Å². The van der Waals surface area contributed by atoms with Crippen molar-refractivity contribution in [1.29, 1.82) is 0 Å². The van der Waals surface area contributed by atoms with E-state index in [0.29, 0.717) is 23.9 Å². The van der Waals surface area contributed by atoms with Gasteiger partial charge in [-0.1, -0.05) is 0 Å². The maximum atomic E-state index is 12.8. The molecule has 1 aliphatic heterocycles. The van der Waals surface area contributed by atoms with Gasteiger partial charge in [0.05, 0.1) is 15.5 Å². The molecule has 2 aromatic heterocycles. The number of amides is 2. The zero-order valence-corrected chi connectivity index (χ0v) is 20.6. The lowest BCUT2D eigenvalue weighted by atomic mass is 10.1. The first kappa shape index (κ1) is 22.9. The second-order valence-corrected chi connectivity index (χ2v) is 11.7. The highest BCUT2D eigenvalue weighted by molar-refractivity contribution is 7.89. The number of carbonyl (C=O) groups excluding carboxylic acids is 2. The van der Waals surface area contributed by atoms with Gasteiger partial charge < -0.3 is 0 Å². The average Bonchev–Trinajstić information content (AvgIpc) is 3.40. The summed E-state index contributed by atoms with van der Waals surface area (Å²) < 4.78 is 26.7. The first-order chi connectivity index (χ1) is 16.3. The van der Waals surface area contributed by atoms with Crippen molar-refractivity contribution in [2.45, 2.75) is 50.3 Å². The van der Waals surface area contributed by atoms with E-state index in [4.69, 9.17) is 0 Å². The van der Waals surface area contributed by atoms with Crippen LogP contribution in [0.5, 0.6) is 0 Å². The Balaban J connectivity index is 1.27. The summed E-state index contributed by atoms with van der Waals surface area (Å²) in [4.78, 5) is 36.0. The molecule has 2 N–H and O–H groups in total. The maximum absolute atomic E-state index is 12.8. The molecule has 1 aliphatic carbocycles. The number of hydrogen-bond donors (Lipinski definition) is 2. The molecule has 3 aromatic rings. The third kappa shape index (κ3) is 4.19. The Morgan fingerprint density at radius 3 is 2.29 bits per heavy atom. The van der Waals surface area contributed by atoms with Crippen LogP contribution in [0, 0.1) is 13.8 Å². The number of hydrazine groups is 1. The van der Waals surface area contributed by atoms with Crippen LogP contribution in [0.15, 0.2) is 29.2 Å². The lowest BCUT2D eigenvalue weighted by Crippen LogP contribution is -2.41. The van der Waals surface area contributed by atoms with Crippen molar-refractivity contribution >= 4 is 43.4 Å². The van der Waals surface area contributed by atoms with Gasteiger partial charge in [0, 0.05) is 30.0 Å². The van der Waals surface area contributed by atoms with Crippen LogP contribution in [-0.2, 0) is 10.0 Å². The molecule has 11 heteroatoms. The Labute approximate surface area is 201 Å². The SMILES string of the molecule is Cc1nc(C2CC2)nc2sc(C(=O)NNC(=O)c3ccc(S(=O)(=O)N4CCCC4)cc3)c(C)c12. The fourth-order valence-electron chi connectivity index (χ4n) is 4.20. The van der Waals surface area contributed by atoms with E-state index in [1.165, 1.54) is 39.9 Å². The number of nitrogens with zero attached hydrogens (tertiary/aromatic N) is 3. The fourth-order valence-corrected chi connectivity index (χ4v) is 6.85. The number of carbonyl (C=O) groups is 2. The number of nitrogens with one attached hydrogen (secondary N) is 2. The van der Waals surface area contributed by atoms with Gasteiger partial charge in [0.25, 0.3) is 11.8 Å². The van der Waals surface area contributed by atoms with Crippen molar-refractivity contribution in [1.82, 2.24) is 25.1 Å². The Morgan fingerprint density at radius 2 is 1.65 bits per heavy atom. The smallest absolute Gasteiger partial charge is 0.267 e. The Hall–Kier alpha value is -2.89. The predicted octanol–water partition coefficient (Wildman–Crippen LogP) is 3.04. The van der Waals surface area contributed by atoms with E-state index >= 15 is 0 Å². The third-order valence-corrected chi connectivity index (χ3v) is 9.34. The summed E-state index contributed by atoms with van der Waals surface area (Å²) >= 11 is 1.28. The molecule has 0 bridgehead atoms. The highest BCUT2D eigenvalue weighted by atomic mass is 32.2. The van der Waals surface area contributed by atoms with Gasteiger partial charge in [0.2, 0.25) is 10.0 Å². The second-order valence-electron chi connectivity index (χ2n) is 8.72. The molecule has 34 heavy (non-hydrogen) atoms. The third-order valence-electron chi connectivity index (χ3n) is 6.25. The van der Waals surface area contributed by atoms with E-state index in [1.807, 2.05) is 13.8 Å². The summed E-state index contributed by atoms with van der Waals surface area (Å²) in [7, 11) is -3.55. The van der Waals surface area contributed by atoms with Gasteiger partial charge in [-0.2, -0.15) is 4.31 Å². The molecule has 5 rings (SSSR count). The normalized spacial score (nSPS) is 16.6. The molecular formula is C23H25N5O4S2.